The Bertz CT molecular complexity index is 820. The molecule has 0 saturated heterocycles. The summed E-state index contributed by atoms with van der Waals surface area (Å²) in [5.74, 6) is 1.07. The molecule has 1 aromatic heterocycles. The maximum atomic E-state index is 13.6. The molecule has 0 radical (unpaired) electrons. The minimum Gasteiger partial charge on any atom is -0.489 e. The summed E-state index contributed by atoms with van der Waals surface area (Å²) in [5.41, 5.74) is 1.56. The van der Waals surface area contributed by atoms with Crippen LogP contribution in [-0.2, 0) is 19.7 Å². The predicted octanol–water partition coefficient (Wildman–Crippen LogP) is 3.41. The van der Waals surface area contributed by atoms with Crippen molar-refractivity contribution in [3.8, 4) is 5.75 Å². The van der Waals surface area contributed by atoms with Gasteiger partial charge in [0.1, 0.15) is 18.2 Å². The monoisotopic (exact) mass is 341 g/mol. The lowest BCUT2D eigenvalue weighted by Gasteiger charge is -2.10. The van der Waals surface area contributed by atoms with Crippen molar-refractivity contribution in [3.63, 3.8) is 0 Å². The molecule has 0 saturated carbocycles. The molecule has 1 heterocycles. The number of rotatable bonds is 8. The SMILES string of the molecule is CCCn1nnnc1NCc1cccc(OCc2ccccc2F)c1. The van der Waals surface area contributed by atoms with Gasteiger partial charge in [-0.1, -0.05) is 42.4 Å². The van der Waals surface area contributed by atoms with Crippen LogP contribution in [0.25, 0.3) is 0 Å². The first kappa shape index (κ1) is 16.9. The molecule has 7 heteroatoms. The van der Waals surface area contributed by atoms with Crippen LogP contribution in [0.5, 0.6) is 5.75 Å². The molecule has 6 nitrogen and oxygen atoms in total. The lowest BCUT2D eigenvalue weighted by molar-refractivity contribution is 0.299. The van der Waals surface area contributed by atoms with Gasteiger partial charge in [0.05, 0.1) is 0 Å². The summed E-state index contributed by atoms with van der Waals surface area (Å²) in [6, 6.07) is 14.3. The molecular weight excluding hydrogens is 321 g/mol. The first-order chi connectivity index (χ1) is 12.3. The summed E-state index contributed by atoms with van der Waals surface area (Å²) in [4.78, 5) is 0. The Morgan fingerprint density at radius 1 is 1.16 bits per heavy atom. The molecule has 0 amide bonds. The van der Waals surface area contributed by atoms with E-state index in [1.54, 1.807) is 22.9 Å². The fourth-order valence-corrected chi connectivity index (χ4v) is 2.40. The van der Waals surface area contributed by atoms with E-state index in [9.17, 15) is 4.39 Å². The number of halogens is 1. The summed E-state index contributed by atoms with van der Waals surface area (Å²) < 4.78 is 21.1. The normalized spacial score (nSPS) is 10.6. The summed E-state index contributed by atoms with van der Waals surface area (Å²) in [6.07, 6.45) is 0.957. The molecule has 25 heavy (non-hydrogen) atoms. The second-order valence-electron chi connectivity index (χ2n) is 5.61. The number of tetrazole rings is 1. The number of benzene rings is 2. The van der Waals surface area contributed by atoms with Crippen LogP contribution in [0.2, 0.25) is 0 Å². The summed E-state index contributed by atoms with van der Waals surface area (Å²) in [7, 11) is 0. The Labute approximate surface area is 145 Å². The molecule has 0 fully saturated rings. The molecular formula is C18H20FN5O. The highest BCUT2D eigenvalue weighted by atomic mass is 19.1. The molecule has 0 bridgehead atoms. The standard InChI is InChI=1S/C18H20FN5O/c1-2-10-24-18(21-22-23-24)20-12-14-6-5-8-16(11-14)25-13-15-7-3-4-9-17(15)19/h3-9,11H,2,10,12-13H2,1H3,(H,20,21,23). The quantitative estimate of drug-likeness (QED) is 0.680. The van der Waals surface area contributed by atoms with E-state index in [4.69, 9.17) is 4.74 Å². The van der Waals surface area contributed by atoms with Crippen molar-refractivity contribution in [1.82, 2.24) is 20.2 Å². The van der Waals surface area contributed by atoms with Crippen LogP contribution in [0.3, 0.4) is 0 Å². The zero-order valence-electron chi connectivity index (χ0n) is 14.0. The molecule has 0 unspecified atom stereocenters. The van der Waals surface area contributed by atoms with Gasteiger partial charge in [-0.25, -0.2) is 9.07 Å². The lowest BCUT2D eigenvalue weighted by atomic mass is 10.2. The number of hydrogen-bond acceptors (Lipinski definition) is 5. The van der Waals surface area contributed by atoms with Crippen LogP contribution in [-0.4, -0.2) is 20.2 Å². The first-order valence-electron chi connectivity index (χ1n) is 8.21. The molecule has 0 aliphatic heterocycles. The molecule has 0 spiro atoms. The van der Waals surface area contributed by atoms with E-state index in [2.05, 4.69) is 27.8 Å². The van der Waals surface area contributed by atoms with Crippen LogP contribution in [0.1, 0.15) is 24.5 Å². The number of anilines is 1. The Morgan fingerprint density at radius 3 is 2.88 bits per heavy atom. The smallest absolute Gasteiger partial charge is 0.243 e. The number of hydrogen-bond donors (Lipinski definition) is 1. The highest BCUT2D eigenvalue weighted by Gasteiger charge is 2.06. The van der Waals surface area contributed by atoms with Gasteiger partial charge in [-0.2, -0.15) is 0 Å². The van der Waals surface area contributed by atoms with E-state index >= 15 is 0 Å². The van der Waals surface area contributed by atoms with E-state index in [-0.39, 0.29) is 12.4 Å². The van der Waals surface area contributed by atoms with Gasteiger partial charge < -0.3 is 10.1 Å². The van der Waals surface area contributed by atoms with Crippen LogP contribution in [0, 0.1) is 5.82 Å². The number of nitrogens with one attached hydrogen (secondary N) is 1. The molecule has 0 atom stereocenters. The fourth-order valence-electron chi connectivity index (χ4n) is 2.40. The van der Waals surface area contributed by atoms with E-state index in [1.165, 1.54) is 6.07 Å². The summed E-state index contributed by atoms with van der Waals surface area (Å²) >= 11 is 0. The van der Waals surface area contributed by atoms with Crippen LogP contribution in [0.4, 0.5) is 10.3 Å². The van der Waals surface area contributed by atoms with Gasteiger partial charge in [0.15, 0.2) is 0 Å². The highest BCUT2D eigenvalue weighted by molar-refractivity contribution is 5.32. The van der Waals surface area contributed by atoms with E-state index in [1.807, 2.05) is 24.3 Å². The number of aromatic nitrogens is 4. The Balaban J connectivity index is 1.59. The van der Waals surface area contributed by atoms with Gasteiger partial charge in [0.2, 0.25) is 5.95 Å². The molecule has 0 aliphatic carbocycles. The summed E-state index contributed by atoms with van der Waals surface area (Å²) in [5, 5.41) is 14.8. The van der Waals surface area contributed by atoms with Gasteiger partial charge in [0, 0.05) is 18.7 Å². The minimum atomic E-state index is -0.261. The second-order valence-corrected chi connectivity index (χ2v) is 5.61. The van der Waals surface area contributed by atoms with Crippen LogP contribution in [0.15, 0.2) is 48.5 Å². The third-order valence-corrected chi connectivity index (χ3v) is 3.67. The van der Waals surface area contributed by atoms with Crippen molar-refractivity contribution in [2.24, 2.45) is 0 Å². The molecule has 1 N–H and O–H groups in total. The van der Waals surface area contributed by atoms with Crippen molar-refractivity contribution in [1.29, 1.82) is 0 Å². The molecule has 0 aliphatic rings. The summed E-state index contributed by atoms with van der Waals surface area (Å²) in [6.45, 7) is 3.60. The molecule has 3 aromatic rings. The number of aryl methyl sites for hydroxylation is 1. The van der Waals surface area contributed by atoms with Gasteiger partial charge >= 0.3 is 0 Å². The lowest BCUT2D eigenvalue weighted by Crippen LogP contribution is -2.09. The Hall–Kier alpha value is -2.96. The average molecular weight is 341 g/mol. The van der Waals surface area contributed by atoms with Gasteiger partial charge in [0.25, 0.3) is 0 Å². The van der Waals surface area contributed by atoms with Gasteiger partial charge in [-0.3, -0.25) is 0 Å². The Kier molecular flexibility index (Phi) is 5.56. The zero-order chi connectivity index (χ0) is 17.5. The van der Waals surface area contributed by atoms with E-state index < -0.39 is 0 Å². The van der Waals surface area contributed by atoms with E-state index in [0.717, 1.165) is 18.5 Å². The topological polar surface area (TPSA) is 64.9 Å². The molecule has 130 valence electrons. The first-order valence-corrected chi connectivity index (χ1v) is 8.21. The average Bonchev–Trinajstić information content (AvgIpc) is 3.07. The highest BCUT2D eigenvalue weighted by Crippen LogP contribution is 2.17. The van der Waals surface area contributed by atoms with Crippen molar-refractivity contribution < 1.29 is 9.13 Å². The van der Waals surface area contributed by atoms with E-state index in [0.29, 0.717) is 23.8 Å². The zero-order valence-corrected chi connectivity index (χ0v) is 14.0. The van der Waals surface area contributed by atoms with Crippen molar-refractivity contribution in [3.05, 3.63) is 65.5 Å². The third kappa shape index (κ3) is 4.53. The minimum absolute atomic E-state index is 0.193. The molecule has 3 rings (SSSR count). The van der Waals surface area contributed by atoms with Gasteiger partial charge in [-0.05, 0) is 40.6 Å². The number of nitrogens with zero attached hydrogens (tertiary/aromatic N) is 4. The Morgan fingerprint density at radius 2 is 2.04 bits per heavy atom. The molecule has 2 aromatic carbocycles. The van der Waals surface area contributed by atoms with Crippen LogP contribution < -0.4 is 10.1 Å². The van der Waals surface area contributed by atoms with Gasteiger partial charge in [-0.15, -0.1) is 0 Å². The second kappa shape index (κ2) is 8.23. The largest absolute Gasteiger partial charge is 0.489 e. The number of ether oxygens (including phenoxy) is 1. The van der Waals surface area contributed by atoms with Crippen LogP contribution >= 0.6 is 0 Å². The van der Waals surface area contributed by atoms with Crippen molar-refractivity contribution in [2.75, 3.05) is 5.32 Å². The maximum absolute atomic E-state index is 13.6. The van der Waals surface area contributed by atoms with Crippen molar-refractivity contribution >= 4 is 5.95 Å². The predicted molar refractivity (Wildman–Crippen MR) is 92.6 cm³/mol. The van der Waals surface area contributed by atoms with Crippen molar-refractivity contribution in [2.45, 2.75) is 33.0 Å². The maximum Gasteiger partial charge on any atom is 0.243 e. The fraction of sp³-hybridized carbons (Fsp3) is 0.278. The third-order valence-electron chi connectivity index (χ3n) is 3.67.